The molecule has 3 aromatic rings. The topological polar surface area (TPSA) is 119 Å². The van der Waals surface area contributed by atoms with Crippen LogP contribution in [0.4, 0.5) is 9.59 Å². The molecular formula is C33H42NO9P. The number of benzene rings is 3. The molecule has 0 amide bonds. The van der Waals surface area contributed by atoms with Crippen molar-refractivity contribution in [2.45, 2.75) is 45.1 Å². The Morgan fingerprint density at radius 2 is 0.864 bits per heavy atom. The highest BCUT2D eigenvalue weighted by Gasteiger charge is 2.24. The third-order valence-electron chi connectivity index (χ3n) is 6.27. The highest BCUT2D eigenvalue weighted by molar-refractivity contribution is 7.51. The second kappa shape index (κ2) is 21.1. The molecule has 3 aromatic carbocycles. The van der Waals surface area contributed by atoms with Gasteiger partial charge in [0, 0.05) is 19.4 Å². The van der Waals surface area contributed by atoms with E-state index >= 15 is 0 Å². The first-order valence-electron chi connectivity index (χ1n) is 14.9. The lowest BCUT2D eigenvalue weighted by Gasteiger charge is -2.19. The summed E-state index contributed by atoms with van der Waals surface area (Å²) in [5, 5.41) is 2.90. The molecule has 0 aromatic heterocycles. The Bertz CT molecular complexity index is 1170. The molecule has 0 bridgehead atoms. The molecule has 10 nitrogen and oxygen atoms in total. The lowest BCUT2D eigenvalue weighted by molar-refractivity contribution is 0.0537. The van der Waals surface area contributed by atoms with Crippen LogP contribution in [-0.4, -0.2) is 52.0 Å². The van der Waals surface area contributed by atoms with Crippen molar-refractivity contribution in [3.05, 3.63) is 108 Å². The highest BCUT2D eigenvalue weighted by atomic mass is 31.2. The van der Waals surface area contributed by atoms with Gasteiger partial charge in [-0.1, -0.05) is 91.0 Å². The zero-order valence-corrected chi connectivity index (χ0v) is 25.9. The summed E-state index contributed by atoms with van der Waals surface area (Å²) in [5.41, 5.74) is 3.08. The van der Waals surface area contributed by atoms with E-state index in [1.165, 1.54) is 0 Å². The first-order valence-corrected chi connectivity index (χ1v) is 16.4. The van der Waals surface area contributed by atoms with E-state index in [0.29, 0.717) is 45.1 Å². The molecule has 0 fully saturated rings. The van der Waals surface area contributed by atoms with Crippen LogP contribution in [0.2, 0.25) is 0 Å². The minimum Gasteiger partial charge on any atom is -0.434 e. The Balaban J connectivity index is 1.27. The van der Waals surface area contributed by atoms with Gasteiger partial charge in [0.05, 0.1) is 39.6 Å². The summed E-state index contributed by atoms with van der Waals surface area (Å²) < 4.78 is 45.1. The third kappa shape index (κ3) is 15.7. The second-order valence-electron chi connectivity index (χ2n) is 9.76. The number of ether oxygens (including phenoxy) is 4. The summed E-state index contributed by atoms with van der Waals surface area (Å²) in [5.74, 6) is 0. The van der Waals surface area contributed by atoms with E-state index in [2.05, 4.69) is 5.09 Å². The van der Waals surface area contributed by atoms with Gasteiger partial charge in [-0.05, 0) is 42.4 Å². The molecule has 3 rings (SSSR count). The fourth-order valence-electron chi connectivity index (χ4n) is 3.88. The molecule has 0 aliphatic heterocycles. The molecule has 0 spiro atoms. The van der Waals surface area contributed by atoms with Crippen LogP contribution >= 0.6 is 7.75 Å². The normalized spacial score (nSPS) is 11.1. The molecule has 11 heteroatoms. The minimum atomic E-state index is -3.62. The van der Waals surface area contributed by atoms with Crippen LogP contribution in [0.3, 0.4) is 0 Å². The van der Waals surface area contributed by atoms with E-state index in [1.54, 1.807) is 0 Å². The SMILES string of the molecule is O=C(OCCCCOP(=O)(NCc1ccccc1)OCCCCOC(=O)OCCc1ccccc1)OCCc1ccccc1. The van der Waals surface area contributed by atoms with Gasteiger partial charge in [-0.2, -0.15) is 0 Å². The molecule has 0 heterocycles. The van der Waals surface area contributed by atoms with Gasteiger partial charge in [0.15, 0.2) is 0 Å². The van der Waals surface area contributed by atoms with Crippen LogP contribution in [0.25, 0.3) is 0 Å². The number of hydrogen-bond donors (Lipinski definition) is 1. The smallest absolute Gasteiger partial charge is 0.434 e. The molecule has 0 aliphatic rings. The van der Waals surface area contributed by atoms with Gasteiger partial charge in [0.25, 0.3) is 0 Å². The summed E-state index contributed by atoms with van der Waals surface area (Å²) in [4.78, 5) is 23.6. The van der Waals surface area contributed by atoms with Crippen LogP contribution in [0.1, 0.15) is 42.4 Å². The number of nitrogens with one attached hydrogen (secondary N) is 1. The molecule has 44 heavy (non-hydrogen) atoms. The van der Waals surface area contributed by atoms with Gasteiger partial charge < -0.3 is 18.9 Å². The summed E-state index contributed by atoms with van der Waals surface area (Å²) in [6, 6.07) is 29.0. The zero-order chi connectivity index (χ0) is 31.1. The van der Waals surface area contributed by atoms with Gasteiger partial charge in [0.2, 0.25) is 0 Å². The van der Waals surface area contributed by atoms with E-state index in [0.717, 1.165) is 16.7 Å². The number of rotatable bonds is 21. The maximum absolute atomic E-state index is 13.4. The van der Waals surface area contributed by atoms with Crippen molar-refractivity contribution in [2.24, 2.45) is 0 Å². The monoisotopic (exact) mass is 627 g/mol. The van der Waals surface area contributed by atoms with Gasteiger partial charge in [-0.25, -0.2) is 19.2 Å². The molecule has 0 unspecified atom stereocenters. The summed E-state index contributed by atoms with van der Waals surface area (Å²) in [6.07, 6.45) is 1.80. The molecule has 238 valence electrons. The summed E-state index contributed by atoms with van der Waals surface area (Å²) in [7, 11) is -3.62. The van der Waals surface area contributed by atoms with E-state index < -0.39 is 20.1 Å². The molecule has 0 saturated carbocycles. The highest BCUT2D eigenvalue weighted by Crippen LogP contribution is 2.44. The minimum absolute atomic E-state index is 0.142. The van der Waals surface area contributed by atoms with Gasteiger partial charge in [-0.3, -0.25) is 9.05 Å². The summed E-state index contributed by atoms with van der Waals surface area (Å²) >= 11 is 0. The van der Waals surface area contributed by atoms with E-state index in [9.17, 15) is 14.2 Å². The van der Waals surface area contributed by atoms with Gasteiger partial charge >= 0.3 is 20.1 Å². The van der Waals surface area contributed by atoms with Crippen LogP contribution in [0.5, 0.6) is 0 Å². The Kier molecular flexibility index (Phi) is 16.7. The zero-order valence-electron chi connectivity index (χ0n) is 25.0. The average Bonchev–Trinajstić information content (AvgIpc) is 3.05. The average molecular weight is 628 g/mol. The predicted octanol–water partition coefficient (Wildman–Crippen LogP) is 7.27. The quantitative estimate of drug-likeness (QED) is 0.0734. The standard InChI is InChI=1S/C33H42NO9P/c35-32(40-26-20-29-14-4-1-5-15-29)38-22-10-12-24-42-44(37,34-28-31-18-8-3-9-19-31)43-25-13-11-23-39-33(36)41-27-21-30-16-6-2-7-17-30/h1-9,14-19H,10-13,20-28H2,(H,34,37). The number of hydrogen-bond acceptors (Lipinski definition) is 9. The molecular weight excluding hydrogens is 585 g/mol. The summed E-state index contributed by atoms with van der Waals surface area (Å²) in [6.45, 7) is 1.38. The Hall–Kier alpha value is -3.69. The number of carbonyl (C=O) groups is 2. The molecule has 0 atom stereocenters. The van der Waals surface area contributed by atoms with Crippen molar-refractivity contribution < 1.29 is 42.1 Å². The largest absolute Gasteiger partial charge is 0.508 e. The molecule has 1 N–H and O–H groups in total. The van der Waals surface area contributed by atoms with Gasteiger partial charge in [0.1, 0.15) is 0 Å². The van der Waals surface area contributed by atoms with Crippen LogP contribution in [0, 0.1) is 0 Å². The first kappa shape index (κ1) is 34.8. The van der Waals surface area contributed by atoms with Crippen LogP contribution in [0.15, 0.2) is 91.0 Å². The Morgan fingerprint density at radius 1 is 0.500 bits per heavy atom. The van der Waals surface area contributed by atoms with Gasteiger partial charge in [-0.15, -0.1) is 0 Å². The van der Waals surface area contributed by atoms with Crippen LogP contribution < -0.4 is 5.09 Å². The Morgan fingerprint density at radius 3 is 1.30 bits per heavy atom. The van der Waals surface area contributed by atoms with E-state index in [1.807, 2.05) is 91.0 Å². The van der Waals surface area contributed by atoms with Crippen LogP contribution in [-0.2, 0) is 51.9 Å². The number of carbonyl (C=O) groups excluding carboxylic acids is 2. The number of unbranched alkanes of at least 4 members (excludes halogenated alkanes) is 2. The van der Waals surface area contributed by atoms with Crippen molar-refractivity contribution in [1.29, 1.82) is 0 Å². The lowest BCUT2D eigenvalue weighted by atomic mass is 10.2. The van der Waals surface area contributed by atoms with E-state index in [-0.39, 0.29) is 39.6 Å². The fourth-order valence-corrected chi connectivity index (χ4v) is 5.25. The second-order valence-corrected chi connectivity index (χ2v) is 11.6. The maximum Gasteiger partial charge on any atom is 0.508 e. The molecule has 0 aliphatic carbocycles. The molecule has 0 radical (unpaired) electrons. The lowest BCUT2D eigenvalue weighted by Crippen LogP contribution is -2.16. The maximum atomic E-state index is 13.4. The fraction of sp³-hybridized carbons (Fsp3) is 0.394. The Labute approximate surface area is 259 Å². The van der Waals surface area contributed by atoms with Crippen molar-refractivity contribution in [2.75, 3.05) is 39.6 Å². The van der Waals surface area contributed by atoms with E-state index in [4.69, 9.17) is 28.0 Å². The van der Waals surface area contributed by atoms with Crippen molar-refractivity contribution >= 4 is 20.1 Å². The molecule has 0 saturated heterocycles. The van der Waals surface area contributed by atoms with Crippen molar-refractivity contribution in [3.8, 4) is 0 Å². The third-order valence-corrected chi connectivity index (χ3v) is 7.86. The predicted molar refractivity (Wildman–Crippen MR) is 166 cm³/mol. The first-order chi connectivity index (χ1) is 21.5. The van der Waals surface area contributed by atoms with Crippen molar-refractivity contribution in [1.82, 2.24) is 5.09 Å². The van der Waals surface area contributed by atoms with Crippen molar-refractivity contribution in [3.63, 3.8) is 0 Å².